The van der Waals surface area contributed by atoms with Gasteiger partial charge in [-0.25, -0.2) is 13.1 Å². The van der Waals surface area contributed by atoms with Gasteiger partial charge in [-0.1, -0.05) is 23.7 Å². The Morgan fingerprint density at radius 1 is 1.24 bits per heavy atom. The Hall–Kier alpha value is -1.30. The Bertz CT molecular complexity index is 594. The van der Waals surface area contributed by atoms with E-state index in [4.69, 9.17) is 11.6 Å². The third-order valence-corrected chi connectivity index (χ3v) is 4.16. The van der Waals surface area contributed by atoms with Gasteiger partial charge in [0.2, 0.25) is 10.0 Å². The number of halogens is 1. The summed E-state index contributed by atoms with van der Waals surface area (Å²) in [6.07, 6.45) is 3.47. The zero-order chi connectivity index (χ0) is 12.3. The average molecular weight is 271 g/mol. The molecule has 17 heavy (non-hydrogen) atoms. The van der Waals surface area contributed by atoms with Crippen LogP contribution in [0.2, 0.25) is 5.02 Å². The van der Waals surface area contributed by atoms with Crippen LogP contribution >= 0.6 is 11.6 Å². The van der Waals surface area contributed by atoms with Gasteiger partial charge in [-0.2, -0.15) is 0 Å². The van der Waals surface area contributed by atoms with Crippen LogP contribution in [0, 0.1) is 0 Å². The Kier molecular flexibility index (Phi) is 3.51. The van der Waals surface area contributed by atoms with Crippen LogP contribution in [0.5, 0.6) is 0 Å². The Morgan fingerprint density at radius 2 is 2.00 bits per heavy atom. The molecule has 6 heteroatoms. The molecule has 1 aromatic carbocycles. The van der Waals surface area contributed by atoms with Gasteiger partial charge >= 0.3 is 0 Å². The number of aromatic nitrogens is 1. The maximum Gasteiger partial charge on any atom is 0.242 e. The van der Waals surface area contributed by atoms with Crippen molar-refractivity contribution in [3.8, 4) is 0 Å². The molecule has 2 N–H and O–H groups in total. The molecule has 0 bridgehead atoms. The SMILES string of the molecule is O=S(=O)(NCc1cc[nH]c1)c1ccccc1Cl. The summed E-state index contributed by atoms with van der Waals surface area (Å²) in [6.45, 7) is 0.233. The number of hydrogen-bond acceptors (Lipinski definition) is 2. The van der Waals surface area contributed by atoms with E-state index in [1.807, 2.05) is 0 Å². The molecule has 0 saturated heterocycles. The summed E-state index contributed by atoms with van der Waals surface area (Å²) in [5, 5.41) is 0.217. The normalized spacial score (nSPS) is 11.6. The van der Waals surface area contributed by atoms with E-state index < -0.39 is 10.0 Å². The van der Waals surface area contributed by atoms with Crippen LogP contribution in [-0.4, -0.2) is 13.4 Å². The number of nitrogens with one attached hydrogen (secondary N) is 2. The fraction of sp³-hybridized carbons (Fsp3) is 0.0909. The molecule has 1 aromatic heterocycles. The van der Waals surface area contributed by atoms with Crippen molar-refractivity contribution < 1.29 is 8.42 Å². The van der Waals surface area contributed by atoms with Crippen molar-refractivity contribution in [2.24, 2.45) is 0 Å². The van der Waals surface area contributed by atoms with E-state index in [2.05, 4.69) is 9.71 Å². The number of rotatable bonds is 4. The molecule has 0 radical (unpaired) electrons. The number of hydrogen-bond donors (Lipinski definition) is 2. The summed E-state index contributed by atoms with van der Waals surface area (Å²) in [6, 6.07) is 8.15. The number of sulfonamides is 1. The van der Waals surface area contributed by atoms with Crippen LogP contribution in [0.1, 0.15) is 5.56 Å². The van der Waals surface area contributed by atoms with Gasteiger partial charge in [-0.3, -0.25) is 0 Å². The van der Waals surface area contributed by atoms with E-state index in [0.717, 1.165) is 5.56 Å². The summed E-state index contributed by atoms with van der Waals surface area (Å²) >= 11 is 5.84. The van der Waals surface area contributed by atoms with E-state index in [9.17, 15) is 8.42 Å². The van der Waals surface area contributed by atoms with Crippen molar-refractivity contribution in [2.75, 3.05) is 0 Å². The molecule has 0 fully saturated rings. The molecule has 0 atom stereocenters. The minimum Gasteiger partial charge on any atom is -0.367 e. The lowest BCUT2D eigenvalue weighted by Gasteiger charge is -2.07. The molecule has 2 rings (SSSR count). The minimum absolute atomic E-state index is 0.0946. The van der Waals surface area contributed by atoms with Crippen LogP contribution in [0.15, 0.2) is 47.6 Å². The fourth-order valence-electron chi connectivity index (χ4n) is 1.39. The summed E-state index contributed by atoms with van der Waals surface area (Å²) in [4.78, 5) is 2.95. The first-order valence-electron chi connectivity index (χ1n) is 4.95. The quantitative estimate of drug-likeness (QED) is 0.894. The van der Waals surface area contributed by atoms with Gasteiger partial charge in [0, 0.05) is 18.9 Å². The maximum absolute atomic E-state index is 11.9. The van der Waals surface area contributed by atoms with Crippen molar-refractivity contribution in [1.82, 2.24) is 9.71 Å². The first-order valence-corrected chi connectivity index (χ1v) is 6.81. The number of benzene rings is 1. The summed E-state index contributed by atoms with van der Waals surface area (Å²) in [7, 11) is -3.56. The smallest absolute Gasteiger partial charge is 0.242 e. The predicted octanol–water partition coefficient (Wildman–Crippen LogP) is 2.15. The molecule has 2 aromatic rings. The zero-order valence-electron chi connectivity index (χ0n) is 8.85. The predicted molar refractivity (Wildman–Crippen MR) is 66.3 cm³/mol. The van der Waals surface area contributed by atoms with E-state index in [-0.39, 0.29) is 16.5 Å². The van der Waals surface area contributed by atoms with Crippen molar-refractivity contribution in [3.63, 3.8) is 0 Å². The molecule has 0 aliphatic carbocycles. The van der Waals surface area contributed by atoms with Crippen LogP contribution in [0.3, 0.4) is 0 Å². The molecule has 0 aliphatic rings. The highest BCUT2D eigenvalue weighted by molar-refractivity contribution is 7.89. The molecule has 0 amide bonds. The van der Waals surface area contributed by atoms with Gasteiger partial charge in [-0.05, 0) is 23.8 Å². The topological polar surface area (TPSA) is 62.0 Å². The highest BCUT2D eigenvalue weighted by Gasteiger charge is 2.16. The summed E-state index contributed by atoms with van der Waals surface area (Å²) in [5.74, 6) is 0. The van der Waals surface area contributed by atoms with E-state index in [0.29, 0.717) is 0 Å². The van der Waals surface area contributed by atoms with Crippen molar-refractivity contribution in [3.05, 3.63) is 53.3 Å². The molecule has 0 unspecified atom stereocenters. The van der Waals surface area contributed by atoms with Crippen LogP contribution in [0.25, 0.3) is 0 Å². The van der Waals surface area contributed by atoms with E-state index in [1.165, 1.54) is 6.07 Å². The highest BCUT2D eigenvalue weighted by Crippen LogP contribution is 2.20. The third kappa shape index (κ3) is 2.88. The van der Waals surface area contributed by atoms with Crippen molar-refractivity contribution in [2.45, 2.75) is 11.4 Å². The fourth-order valence-corrected chi connectivity index (χ4v) is 2.92. The first-order chi connectivity index (χ1) is 8.09. The van der Waals surface area contributed by atoms with Crippen molar-refractivity contribution >= 4 is 21.6 Å². The van der Waals surface area contributed by atoms with Crippen LogP contribution < -0.4 is 4.72 Å². The Morgan fingerprint density at radius 3 is 2.65 bits per heavy atom. The molecular formula is C11H11ClN2O2S. The Balaban J connectivity index is 2.17. The first kappa shape index (κ1) is 12.2. The standard InChI is InChI=1S/C11H11ClN2O2S/c12-10-3-1-2-4-11(10)17(15,16)14-8-9-5-6-13-7-9/h1-7,13-14H,8H2. The van der Waals surface area contributed by atoms with Crippen LogP contribution in [0.4, 0.5) is 0 Å². The van der Waals surface area contributed by atoms with Crippen molar-refractivity contribution in [1.29, 1.82) is 0 Å². The third-order valence-electron chi connectivity index (χ3n) is 2.25. The van der Waals surface area contributed by atoms with Gasteiger partial charge in [0.1, 0.15) is 4.90 Å². The molecular weight excluding hydrogens is 260 g/mol. The van der Waals surface area contributed by atoms with E-state index in [1.54, 1.807) is 36.7 Å². The lowest BCUT2D eigenvalue weighted by molar-refractivity contribution is 0.581. The van der Waals surface area contributed by atoms with E-state index >= 15 is 0 Å². The second-order valence-corrected chi connectivity index (χ2v) is 5.62. The van der Waals surface area contributed by atoms with Gasteiger partial charge < -0.3 is 4.98 Å². The summed E-state index contributed by atoms with van der Waals surface area (Å²) in [5.41, 5.74) is 0.862. The second kappa shape index (κ2) is 4.91. The average Bonchev–Trinajstić information content (AvgIpc) is 2.80. The monoisotopic (exact) mass is 270 g/mol. The molecule has 1 heterocycles. The number of H-pyrrole nitrogens is 1. The van der Waals surface area contributed by atoms with Gasteiger partial charge in [-0.15, -0.1) is 0 Å². The maximum atomic E-state index is 11.9. The lowest BCUT2D eigenvalue weighted by atomic mass is 10.4. The lowest BCUT2D eigenvalue weighted by Crippen LogP contribution is -2.23. The van der Waals surface area contributed by atoms with Gasteiger partial charge in [0.25, 0.3) is 0 Å². The molecule has 4 nitrogen and oxygen atoms in total. The molecule has 90 valence electrons. The highest BCUT2D eigenvalue weighted by atomic mass is 35.5. The number of aromatic amines is 1. The molecule has 0 aliphatic heterocycles. The zero-order valence-corrected chi connectivity index (χ0v) is 10.4. The van der Waals surface area contributed by atoms with Gasteiger partial charge in [0.15, 0.2) is 0 Å². The molecule has 0 saturated carbocycles. The Labute approximate surface area is 105 Å². The molecule has 0 spiro atoms. The summed E-state index contributed by atoms with van der Waals surface area (Å²) < 4.78 is 26.4. The second-order valence-electron chi connectivity index (χ2n) is 3.47. The largest absolute Gasteiger partial charge is 0.367 e. The van der Waals surface area contributed by atoms with Crippen LogP contribution in [-0.2, 0) is 16.6 Å². The van der Waals surface area contributed by atoms with Gasteiger partial charge in [0.05, 0.1) is 5.02 Å². The minimum atomic E-state index is -3.56.